The summed E-state index contributed by atoms with van der Waals surface area (Å²) in [6.07, 6.45) is 2.12. The molecule has 0 aliphatic carbocycles. The van der Waals surface area contributed by atoms with Crippen LogP contribution in [-0.2, 0) is 7.05 Å². The fourth-order valence-corrected chi connectivity index (χ4v) is 5.88. The molecular weight excluding hydrogens is 365 g/mol. The quantitative estimate of drug-likeness (QED) is 0.213. The first-order valence-electron chi connectivity index (χ1n) is 9.37. The smallest absolute Gasteiger partial charge is 0.207 e. The zero-order valence-electron chi connectivity index (χ0n) is 15.6. The van der Waals surface area contributed by atoms with E-state index >= 15 is 0 Å². The molecule has 0 spiro atoms. The summed E-state index contributed by atoms with van der Waals surface area (Å²) in [5.74, 6) is -0.191. The average Bonchev–Trinajstić information content (AvgIpc) is 2.69. The van der Waals surface area contributed by atoms with Gasteiger partial charge in [-0.1, -0.05) is 42.1 Å². The summed E-state index contributed by atoms with van der Waals surface area (Å²) in [4.78, 5) is 2.46. The Balaban J connectivity index is 1.84. The largest absolute Gasteiger partial charge is 0.222 e. The number of aryl methyl sites for hydroxylation is 2. The molecule has 0 amide bonds. The summed E-state index contributed by atoms with van der Waals surface area (Å²) in [6.45, 7) is 2.22. The molecule has 28 heavy (non-hydrogen) atoms. The predicted molar refractivity (Wildman–Crippen MR) is 114 cm³/mol. The molecule has 1 aliphatic rings. The van der Waals surface area contributed by atoms with Crippen molar-refractivity contribution in [3.05, 3.63) is 78.2 Å². The fraction of sp³-hybridized carbons (Fsp3) is 0.0800. The Hall–Kier alpha value is -2.91. The second-order valence-electron chi connectivity index (χ2n) is 7.50. The molecule has 4 aromatic carbocycles. The van der Waals surface area contributed by atoms with Crippen molar-refractivity contribution in [3.63, 3.8) is 0 Å². The lowest BCUT2D eigenvalue weighted by molar-refractivity contribution is -0.659. The van der Waals surface area contributed by atoms with Gasteiger partial charge in [-0.05, 0) is 58.3 Å². The van der Waals surface area contributed by atoms with Crippen molar-refractivity contribution in [2.45, 2.75) is 16.7 Å². The molecule has 0 radical (unpaired) electrons. The van der Waals surface area contributed by atoms with E-state index in [4.69, 9.17) is 0 Å². The van der Waals surface area contributed by atoms with E-state index in [9.17, 15) is 4.39 Å². The molecule has 1 aliphatic heterocycles. The van der Waals surface area contributed by atoms with Crippen LogP contribution in [0.25, 0.3) is 43.6 Å². The third kappa shape index (κ3) is 2.05. The number of fused-ring (bicyclic) bond motifs is 5. The second-order valence-corrected chi connectivity index (χ2v) is 8.59. The minimum Gasteiger partial charge on any atom is -0.207 e. The normalized spacial score (nSPS) is 12.7. The molecule has 134 valence electrons. The molecule has 0 saturated heterocycles. The molecule has 2 heterocycles. The fourth-order valence-electron chi connectivity index (χ4n) is 4.61. The molecule has 3 heteroatoms. The van der Waals surface area contributed by atoms with Crippen LogP contribution in [0.2, 0.25) is 0 Å². The summed E-state index contributed by atoms with van der Waals surface area (Å²) in [6, 6.07) is 20.3. The van der Waals surface area contributed by atoms with Crippen molar-refractivity contribution in [3.8, 4) is 11.3 Å². The van der Waals surface area contributed by atoms with Gasteiger partial charge in [-0.3, -0.25) is 0 Å². The second kappa shape index (κ2) is 5.55. The number of aromatic nitrogens is 1. The van der Waals surface area contributed by atoms with Gasteiger partial charge >= 0.3 is 0 Å². The topological polar surface area (TPSA) is 3.88 Å². The highest BCUT2D eigenvalue weighted by Gasteiger charge is 2.29. The molecule has 1 aromatic heterocycles. The number of hydrogen-bond acceptors (Lipinski definition) is 1. The predicted octanol–water partition coefficient (Wildman–Crippen LogP) is 6.55. The zero-order chi connectivity index (χ0) is 19.0. The molecule has 0 atom stereocenters. The first-order chi connectivity index (χ1) is 13.6. The minimum absolute atomic E-state index is 0.191. The van der Waals surface area contributed by atoms with Gasteiger partial charge < -0.3 is 0 Å². The summed E-state index contributed by atoms with van der Waals surface area (Å²) >= 11 is 1.80. The molecule has 1 nitrogen and oxygen atoms in total. The molecule has 0 fully saturated rings. The van der Waals surface area contributed by atoms with Crippen molar-refractivity contribution < 1.29 is 8.96 Å². The van der Waals surface area contributed by atoms with E-state index in [2.05, 4.69) is 67.2 Å². The van der Waals surface area contributed by atoms with E-state index in [1.807, 2.05) is 6.07 Å². The number of benzene rings is 4. The lowest BCUT2D eigenvalue weighted by atomic mass is 9.93. The highest BCUT2D eigenvalue weighted by atomic mass is 32.2. The maximum Gasteiger partial charge on any atom is 0.222 e. The molecule has 0 N–H and O–H groups in total. The summed E-state index contributed by atoms with van der Waals surface area (Å²) in [7, 11) is 2.11. The molecular formula is C25H17FNS+. The monoisotopic (exact) mass is 382 g/mol. The minimum atomic E-state index is -0.191. The standard InChI is InChI=1S/C25H17FNS/c1-14-18-6-4-3-5-15(18)12-21-23(14)25-24-20(9-10-27(25)2)19-8-7-17(26)11-16(19)13-22(24)28-21/h3-13H,1-2H3/q+1. The highest BCUT2D eigenvalue weighted by Crippen LogP contribution is 2.50. The van der Waals surface area contributed by atoms with Crippen LogP contribution in [0.3, 0.4) is 0 Å². The summed E-state index contributed by atoms with van der Waals surface area (Å²) < 4.78 is 16.1. The van der Waals surface area contributed by atoms with Gasteiger partial charge in [0.05, 0.1) is 10.9 Å². The Morgan fingerprint density at radius 2 is 1.64 bits per heavy atom. The molecule has 5 aromatic rings. The van der Waals surface area contributed by atoms with Crippen molar-refractivity contribution >= 4 is 44.1 Å². The van der Waals surface area contributed by atoms with Gasteiger partial charge in [0.1, 0.15) is 12.9 Å². The van der Waals surface area contributed by atoms with Gasteiger partial charge in [-0.25, -0.2) is 8.96 Å². The van der Waals surface area contributed by atoms with Gasteiger partial charge in [0.2, 0.25) is 5.69 Å². The van der Waals surface area contributed by atoms with Crippen LogP contribution in [-0.4, -0.2) is 0 Å². The summed E-state index contributed by atoms with van der Waals surface area (Å²) in [5.41, 5.74) is 3.87. The van der Waals surface area contributed by atoms with Gasteiger partial charge in [0.15, 0.2) is 6.20 Å². The van der Waals surface area contributed by atoms with E-state index in [-0.39, 0.29) is 5.82 Å². The van der Waals surface area contributed by atoms with Crippen LogP contribution in [0.15, 0.2) is 76.7 Å². The van der Waals surface area contributed by atoms with Gasteiger partial charge in [0, 0.05) is 21.2 Å². The number of pyridine rings is 1. The van der Waals surface area contributed by atoms with E-state index in [0.29, 0.717) is 0 Å². The van der Waals surface area contributed by atoms with Gasteiger partial charge in [0.25, 0.3) is 0 Å². The number of halogens is 1. The lowest BCUT2D eigenvalue weighted by Crippen LogP contribution is -2.31. The van der Waals surface area contributed by atoms with Gasteiger partial charge in [-0.2, -0.15) is 0 Å². The van der Waals surface area contributed by atoms with Crippen LogP contribution < -0.4 is 4.57 Å². The highest BCUT2D eigenvalue weighted by molar-refractivity contribution is 7.99. The van der Waals surface area contributed by atoms with Crippen molar-refractivity contribution in [2.24, 2.45) is 7.05 Å². The average molecular weight is 382 g/mol. The maximum absolute atomic E-state index is 13.9. The van der Waals surface area contributed by atoms with E-state index in [1.54, 1.807) is 23.9 Å². The number of hydrogen-bond donors (Lipinski definition) is 0. The SMILES string of the molecule is Cc1c2c(cc3ccccc13)Sc1cc3cc(F)ccc3c3cc[n+](C)c-2c13. The molecule has 6 rings (SSSR count). The Morgan fingerprint density at radius 3 is 2.54 bits per heavy atom. The first kappa shape index (κ1) is 16.1. The molecule has 0 saturated carbocycles. The van der Waals surface area contributed by atoms with E-state index < -0.39 is 0 Å². The van der Waals surface area contributed by atoms with Crippen LogP contribution in [0.5, 0.6) is 0 Å². The Bertz CT molecular complexity index is 1470. The van der Waals surface area contributed by atoms with E-state index in [1.165, 1.54) is 48.2 Å². The summed E-state index contributed by atoms with van der Waals surface area (Å²) in [5, 5.41) is 7.06. The van der Waals surface area contributed by atoms with Crippen molar-refractivity contribution in [1.82, 2.24) is 0 Å². The van der Waals surface area contributed by atoms with E-state index in [0.717, 1.165) is 10.8 Å². The van der Waals surface area contributed by atoms with Crippen molar-refractivity contribution in [2.75, 3.05) is 0 Å². The Labute approximate surface area is 166 Å². The Morgan fingerprint density at radius 1 is 0.821 bits per heavy atom. The molecule has 0 bridgehead atoms. The molecule has 0 unspecified atom stereocenters. The first-order valence-corrected chi connectivity index (χ1v) is 10.2. The third-order valence-electron chi connectivity index (χ3n) is 5.89. The number of rotatable bonds is 0. The Kier molecular flexibility index (Phi) is 3.19. The van der Waals surface area contributed by atoms with Crippen LogP contribution in [0.1, 0.15) is 5.56 Å². The van der Waals surface area contributed by atoms with Crippen molar-refractivity contribution in [1.29, 1.82) is 0 Å². The maximum atomic E-state index is 13.9. The zero-order valence-corrected chi connectivity index (χ0v) is 16.4. The van der Waals surface area contributed by atoms with Crippen LogP contribution in [0.4, 0.5) is 4.39 Å². The van der Waals surface area contributed by atoms with Crippen LogP contribution in [0, 0.1) is 12.7 Å². The number of nitrogens with zero attached hydrogens (tertiary/aromatic N) is 1. The third-order valence-corrected chi connectivity index (χ3v) is 6.97. The van der Waals surface area contributed by atoms with Crippen LogP contribution >= 0.6 is 11.8 Å². The lowest BCUT2D eigenvalue weighted by Gasteiger charge is -2.22. The van der Waals surface area contributed by atoms with Gasteiger partial charge in [-0.15, -0.1) is 0 Å².